The van der Waals surface area contributed by atoms with E-state index in [0.29, 0.717) is 9.13 Å². The highest BCUT2D eigenvalue weighted by molar-refractivity contribution is 14.1. The maximum atomic E-state index is 11.6. The van der Waals surface area contributed by atoms with Gasteiger partial charge in [-0.25, -0.2) is 0 Å². The number of halogens is 2. The molecule has 6 heteroatoms. The number of hydrogen-bond acceptors (Lipinski definition) is 3. The standard InChI is InChI=1S/C9H7BrINO3/c1-5-2-3-6(11)8(7(13)4-10)9(5)12(14)15/h2-3H,4H2,1H3. The summed E-state index contributed by atoms with van der Waals surface area (Å²) in [6.07, 6.45) is 0. The van der Waals surface area contributed by atoms with Gasteiger partial charge in [-0.3, -0.25) is 14.9 Å². The normalized spacial score (nSPS) is 10.1. The minimum Gasteiger partial charge on any atom is -0.293 e. The molecular formula is C9H7BrINO3. The molecule has 0 spiro atoms. The molecule has 0 saturated carbocycles. The molecule has 1 rings (SSSR count). The summed E-state index contributed by atoms with van der Waals surface area (Å²) in [5.74, 6) is -0.269. The van der Waals surface area contributed by atoms with Crippen molar-refractivity contribution in [3.63, 3.8) is 0 Å². The van der Waals surface area contributed by atoms with Crippen molar-refractivity contribution in [3.05, 3.63) is 36.9 Å². The van der Waals surface area contributed by atoms with Gasteiger partial charge in [-0.2, -0.15) is 0 Å². The number of hydrogen-bond donors (Lipinski definition) is 0. The first-order chi connectivity index (χ1) is 6.99. The molecule has 4 nitrogen and oxygen atoms in total. The molecule has 0 N–H and O–H groups in total. The number of carbonyl (C=O) groups excluding carboxylic acids is 1. The number of Topliss-reactive ketones (excluding diaryl/α,β-unsaturated/α-hetero) is 1. The van der Waals surface area contributed by atoms with Crippen LogP contribution in [-0.2, 0) is 0 Å². The van der Waals surface area contributed by atoms with E-state index in [2.05, 4.69) is 15.9 Å². The van der Waals surface area contributed by atoms with E-state index in [1.54, 1.807) is 19.1 Å². The van der Waals surface area contributed by atoms with Crippen LogP contribution in [0.15, 0.2) is 12.1 Å². The summed E-state index contributed by atoms with van der Waals surface area (Å²) in [5, 5.41) is 10.9. The number of carbonyl (C=O) groups is 1. The first-order valence-electron chi connectivity index (χ1n) is 4.01. The first-order valence-corrected chi connectivity index (χ1v) is 6.21. The van der Waals surface area contributed by atoms with Crippen molar-refractivity contribution in [2.45, 2.75) is 6.92 Å². The number of alkyl halides is 1. The van der Waals surface area contributed by atoms with Gasteiger partial charge in [0.25, 0.3) is 5.69 Å². The van der Waals surface area contributed by atoms with Gasteiger partial charge in [0, 0.05) is 9.13 Å². The third-order valence-electron chi connectivity index (χ3n) is 1.91. The molecule has 1 aromatic rings. The van der Waals surface area contributed by atoms with Crippen LogP contribution >= 0.6 is 38.5 Å². The lowest BCUT2D eigenvalue weighted by atomic mass is 10.1. The van der Waals surface area contributed by atoms with Crippen molar-refractivity contribution in [3.8, 4) is 0 Å². The Morgan fingerprint density at radius 1 is 1.60 bits per heavy atom. The number of nitrogens with zero attached hydrogens (tertiary/aromatic N) is 1. The molecule has 0 unspecified atom stereocenters. The SMILES string of the molecule is Cc1ccc(I)c(C(=O)CBr)c1[N+](=O)[O-]. The molecule has 0 saturated heterocycles. The Bertz CT molecular complexity index is 434. The molecule has 0 fully saturated rings. The zero-order chi connectivity index (χ0) is 11.6. The lowest BCUT2D eigenvalue weighted by molar-refractivity contribution is -0.385. The molecule has 15 heavy (non-hydrogen) atoms. The van der Waals surface area contributed by atoms with E-state index in [1.165, 1.54) is 0 Å². The van der Waals surface area contributed by atoms with E-state index in [0.717, 1.165) is 0 Å². The van der Waals surface area contributed by atoms with Gasteiger partial charge >= 0.3 is 0 Å². The molecule has 0 radical (unpaired) electrons. The first kappa shape index (κ1) is 12.6. The third-order valence-corrected chi connectivity index (χ3v) is 3.32. The van der Waals surface area contributed by atoms with Crippen LogP contribution in [0.25, 0.3) is 0 Å². The van der Waals surface area contributed by atoms with Crippen LogP contribution in [0.1, 0.15) is 15.9 Å². The van der Waals surface area contributed by atoms with Crippen LogP contribution in [-0.4, -0.2) is 16.0 Å². The maximum Gasteiger partial charge on any atom is 0.284 e. The molecule has 1 aromatic carbocycles. The zero-order valence-corrected chi connectivity index (χ0v) is 11.5. The minimum atomic E-state index is -0.507. The fraction of sp³-hybridized carbons (Fsp3) is 0.222. The van der Waals surface area contributed by atoms with Gasteiger partial charge < -0.3 is 0 Å². The summed E-state index contributed by atoms with van der Waals surface area (Å²) in [6, 6.07) is 3.35. The zero-order valence-electron chi connectivity index (χ0n) is 7.79. The summed E-state index contributed by atoms with van der Waals surface area (Å²) in [4.78, 5) is 21.9. The van der Waals surface area contributed by atoms with Crippen LogP contribution in [0.5, 0.6) is 0 Å². The van der Waals surface area contributed by atoms with Gasteiger partial charge in [0.2, 0.25) is 0 Å². The van der Waals surface area contributed by atoms with Crippen LogP contribution in [0.4, 0.5) is 5.69 Å². The van der Waals surface area contributed by atoms with Crippen molar-refractivity contribution in [1.29, 1.82) is 0 Å². The van der Waals surface area contributed by atoms with Crippen LogP contribution in [0.2, 0.25) is 0 Å². The second-order valence-corrected chi connectivity index (χ2v) is 4.62. The number of nitro groups is 1. The summed E-state index contributed by atoms with van der Waals surface area (Å²) < 4.78 is 0.606. The third kappa shape index (κ3) is 2.54. The molecule has 0 amide bonds. The summed E-state index contributed by atoms with van der Waals surface area (Å²) in [6.45, 7) is 1.62. The Balaban J connectivity index is 3.52. The van der Waals surface area contributed by atoms with Crippen LogP contribution in [0, 0.1) is 20.6 Å². The predicted molar refractivity (Wildman–Crippen MR) is 68.7 cm³/mol. The molecule has 0 aliphatic carbocycles. The molecule has 0 aromatic heterocycles. The van der Waals surface area contributed by atoms with E-state index in [9.17, 15) is 14.9 Å². The van der Waals surface area contributed by atoms with E-state index in [-0.39, 0.29) is 22.4 Å². The van der Waals surface area contributed by atoms with Gasteiger partial charge in [0.1, 0.15) is 5.56 Å². The highest BCUT2D eigenvalue weighted by atomic mass is 127. The lowest BCUT2D eigenvalue weighted by Crippen LogP contribution is -2.08. The Morgan fingerprint density at radius 3 is 2.67 bits per heavy atom. The molecule has 0 atom stereocenters. The van der Waals surface area contributed by atoms with E-state index < -0.39 is 4.92 Å². The summed E-state index contributed by atoms with van der Waals surface area (Å²) in [5.41, 5.74) is 0.605. The molecule has 0 aliphatic rings. The van der Waals surface area contributed by atoms with Crippen molar-refractivity contribution < 1.29 is 9.72 Å². The second-order valence-electron chi connectivity index (χ2n) is 2.90. The van der Waals surface area contributed by atoms with E-state index in [4.69, 9.17) is 0 Å². The van der Waals surface area contributed by atoms with Crippen LogP contribution in [0.3, 0.4) is 0 Å². The minimum absolute atomic E-state index is 0.0906. The van der Waals surface area contributed by atoms with Gasteiger partial charge in [0.05, 0.1) is 10.3 Å². The molecule has 0 bridgehead atoms. The number of nitro benzene ring substituents is 1. The largest absolute Gasteiger partial charge is 0.293 e. The van der Waals surface area contributed by atoms with Gasteiger partial charge in [0.15, 0.2) is 5.78 Å². The maximum absolute atomic E-state index is 11.6. The van der Waals surface area contributed by atoms with E-state index >= 15 is 0 Å². The van der Waals surface area contributed by atoms with Crippen molar-refractivity contribution >= 4 is 50.0 Å². The monoisotopic (exact) mass is 383 g/mol. The molecule has 0 aliphatic heterocycles. The number of aryl methyl sites for hydroxylation is 1. The summed E-state index contributed by atoms with van der Waals surface area (Å²) in [7, 11) is 0. The average molecular weight is 384 g/mol. The van der Waals surface area contributed by atoms with Crippen LogP contribution < -0.4 is 0 Å². The molecule has 80 valence electrons. The van der Waals surface area contributed by atoms with Gasteiger partial charge in [-0.15, -0.1) is 0 Å². The topological polar surface area (TPSA) is 60.2 Å². The molecule has 0 heterocycles. The smallest absolute Gasteiger partial charge is 0.284 e. The Hall–Kier alpha value is -0.500. The van der Waals surface area contributed by atoms with Crippen molar-refractivity contribution in [2.75, 3.05) is 5.33 Å². The number of ketones is 1. The van der Waals surface area contributed by atoms with E-state index in [1.807, 2.05) is 22.6 Å². The fourth-order valence-corrected chi connectivity index (χ4v) is 2.25. The number of rotatable bonds is 3. The average Bonchev–Trinajstić information content (AvgIpc) is 2.19. The quantitative estimate of drug-likeness (QED) is 0.265. The summed E-state index contributed by atoms with van der Waals surface area (Å²) >= 11 is 4.95. The highest BCUT2D eigenvalue weighted by Gasteiger charge is 2.24. The predicted octanol–water partition coefficient (Wildman–Crippen LogP) is 3.09. The van der Waals surface area contributed by atoms with Gasteiger partial charge in [-0.1, -0.05) is 22.0 Å². The van der Waals surface area contributed by atoms with Crippen molar-refractivity contribution in [1.82, 2.24) is 0 Å². The Morgan fingerprint density at radius 2 is 2.20 bits per heavy atom. The highest BCUT2D eigenvalue weighted by Crippen LogP contribution is 2.28. The number of benzene rings is 1. The van der Waals surface area contributed by atoms with Gasteiger partial charge in [-0.05, 0) is 35.6 Å². The Labute approximate surface area is 108 Å². The second kappa shape index (κ2) is 5.02. The lowest BCUT2D eigenvalue weighted by Gasteiger charge is -2.05. The van der Waals surface area contributed by atoms with Crippen molar-refractivity contribution in [2.24, 2.45) is 0 Å². The Kier molecular flexibility index (Phi) is 4.21. The fourth-order valence-electron chi connectivity index (χ4n) is 1.24. The molecular weight excluding hydrogens is 377 g/mol.